The minimum absolute atomic E-state index is 0.00620. The van der Waals surface area contributed by atoms with Crippen LogP contribution >= 0.6 is 0 Å². The van der Waals surface area contributed by atoms with E-state index >= 15 is 0 Å². The van der Waals surface area contributed by atoms with Crippen LogP contribution < -0.4 is 10.6 Å². The van der Waals surface area contributed by atoms with Crippen molar-refractivity contribution in [2.24, 2.45) is 5.92 Å². The third kappa shape index (κ3) is 7.31. The fourth-order valence-corrected chi connectivity index (χ4v) is 4.48. The number of hydrogen-bond donors (Lipinski definition) is 3. The normalized spacial score (nSPS) is 13.9. The molecule has 0 saturated heterocycles. The molecule has 0 spiro atoms. The maximum absolute atomic E-state index is 12.5. The molecular formula is C28H36N2O5. The zero-order valence-corrected chi connectivity index (χ0v) is 20.6. The number of carboxylic acid groups (broad SMARTS) is 1. The molecule has 2 atom stereocenters. The van der Waals surface area contributed by atoms with Crippen molar-refractivity contribution in [1.82, 2.24) is 10.6 Å². The van der Waals surface area contributed by atoms with Gasteiger partial charge >= 0.3 is 12.1 Å². The van der Waals surface area contributed by atoms with Crippen LogP contribution in [0, 0.1) is 5.92 Å². The summed E-state index contributed by atoms with van der Waals surface area (Å²) in [4.78, 5) is 35.4. The van der Waals surface area contributed by atoms with Gasteiger partial charge in [0.05, 0.1) is 5.92 Å². The Morgan fingerprint density at radius 1 is 0.886 bits per heavy atom. The summed E-state index contributed by atoms with van der Waals surface area (Å²) < 4.78 is 5.58. The molecule has 0 saturated carbocycles. The monoisotopic (exact) mass is 480 g/mol. The highest BCUT2D eigenvalue weighted by atomic mass is 16.5. The van der Waals surface area contributed by atoms with E-state index in [9.17, 15) is 14.4 Å². The van der Waals surface area contributed by atoms with E-state index in [1.54, 1.807) is 13.8 Å². The van der Waals surface area contributed by atoms with Gasteiger partial charge in [0.2, 0.25) is 5.91 Å². The van der Waals surface area contributed by atoms with E-state index in [1.807, 2.05) is 24.3 Å². The third-order valence-electron chi connectivity index (χ3n) is 6.72. The quantitative estimate of drug-likeness (QED) is 0.346. The number of rotatable bonds is 13. The van der Waals surface area contributed by atoms with E-state index < -0.39 is 18.0 Å². The summed E-state index contributed by atoms with van der Waals surface area (Å²) in [7, 11) is 0. The van der Waals surface area contributed by atoms with Crippen molar-refractivity contribution in [3.05, 3.63) is 59.7 Å². The van der Waals surface area contributed by atoms with Gasteiger partial charge in [-0.2, -0.15) is 0 Å². The highest BCUT2D eigenvalue weighted by Crippen LogP contribution is 2.44. The van der Waals surface area contributed by atoms with Crippen LogP contribution in [-0.4, -0.2) is 42.3 Å². The SMILES string of the molecule is CC(NC(=O)OCC1c2ccccc2-c2ccccc21)C(C)C(=O)NCCCCCCCC(=O)O. The molecule has 2 unspecified atom stereocenters. The second-order valence-corrected chi connectivity index (χ2v) is 9.25. The molecule has 3 rings (SSSR count). The molecule has 0 aliphatic heterocycles. The van der Waals surface area contributed by atoms with Gasteiger partial charge in [-0.3, -0.25) is 9.59 Å². The zero-order chi connectivity index (χ0) is 25.2. The van der Waals surface area contributed by atoms with Crippen LogP contribution in [0.3, 0.4) is 0 Å². The first-order chi connectivity index (χ1) is 16.9. The lowest BCUT2D eigenvalue weighted by Crippen LogP contribution is -2.44. The molecule has 2 aromatic rings. The summed E-state index contributed by atoms with van der Waals surface area (Å²) in [6.45, 7) is 4.39. The molecule has 0 aromatic heterocycles. The molecule has 7 heteroatoms. The van der Waals surface area contributed by atoms with E-state index in [1.165, 1.54) is 11.1 Å². The van der Waals surface area contributed by atoms with Gasteiger partial charge in [-0.1, -0.05) is 74.7 Å². The van der Waals surface area contributed by atoms with Crippen LogP contribution in [0.15, 0.2) is 48.5 Å². The lowest BCUT2D eigenvalue weighted by Gasteiger charge is -2.21. The second-order valence-electron chi connectivity index (χ2n) is 9.25. The summed E-state index contributed by atoms with van der Waals surface area (Å²) >= 11 is 0. The Hall–Kier alpha value is -3.35. The van der Waals surface area contributed by atoms with Crippen LogP contribution in [0.25, 0.3) is 11.1 Å². The van der Waals surface area contributed by atoms with Crippen LogP contribution in [0.2, 0.25) is 0 Å². The van der Waals surface area contributed by atoms with E-state index in [0.717, 1.165) is 36.8 Å². The van der Waals surface area contributed by atoms with E-state index in [-0.39, 0.29) is 30.9 Å². The number of ether oxygens (including phenoxy) is 1. The number of hydrogen-bond acceptors (Lipinski definition) is 4. The molecule has 7 nitrogen and oxygen atoms in total. The maximum atomic E-state index is 12.5. The Balaban J connectivity index is 1.38. The first-order valence-corrected chi connectivity index (χ1v) is 12.5. The lowest BCUT2D eigenvalue weighted by molar-refractivity contribution is -0.137. The van der Waals surface area contributed by atoms with Gasteiger partial charge in [0.25, 0.3) is 0 Å². The number of carboxylic acids is 1. The minimum Gasteiger partial charge on any atom is -0.481 e. The lowest BCUT2D eigenvalue weighted by atomic mass is 9.98. The highest BCUT2D eigenvalue weighted by molar-refractivity contribution is 5.80. The predicted molar refractivity (Wildman–Crippen MR) is 135 cm³/mol. The number of alkyl carbamates (subject to hydrolysis) is 1. The highest BCUT2D eigenvalue weighted by Gasteiger charge is 2.29. The zero-order valence-electron chi connectivity index (χ0n) is 20.6. The fraction of sp³-hybridized carbons (Fsp3) is 0.464. The Kier molecular flexibility index (Phi) is 9.70. The van der Waals surface area contributed by atoms with Crippen molar-refractivity contribution < 1.29 is 24.2 Å². The molecule has 1 aliphatic rings. The predicted octanol–water partition coefficient (Wildman–Crippen LogP) is 5.09. The van der Waals surface area contributed by atoms with Crippen molar-refractivity contribution in [3.8, 4) is 11.1 Å². The molecule has 0 radical (unpaired) electrons. The average Bonchev–Trinajstić information content (AvgIpc) is 3.17. The van der Waals surface area contributed by atoms with Gasteiger partial charge in [0, 0.05) is 24.9 Å². The summed E-state index contributed by atoms with van der Waals surface area (Å²) in [5, 5.41) is 14.4. The first kappa shape index (κ1) is 26.3. The Bertz CT molecular complexity index is 976. The smallest absolute Gasteiger partial charge is 0.407 e. The van der Waals surface area contributed by atoms with Gasteiger partial charge in [-0.15, -0.1) is 0 Å². The van der Waals surface area contributed by atoms with Crippen LogP contribution in [0.4, 0.5) is 4.79 Å². The van der Waals surface area contributed by atoms with E-state index in [2.05, 4.69) is 34.9 Å². The number of fused-ring (bicyclic) bond motifs is 3. The third-order valence-corrected chi connectivity index (χ3v) is 6.72. The first-order valence-electron chi connectivity index (χ1n) is 12.5. The number of nitrogens with one attached hydrogen (secondary N) is 2. The van der Waals surface area contributed by atoms with Gasteiger partial charge < -0.3 is 20.5 Å². The van der Waals surface area contributed by atoms with Gasteiger partial charge in [-0.05, 0) is 42.0 Å². The molecule has 1 aliphatic carbocycles. The average molecular weight is 481 g/mol. The van der Waals surface area contributed by atoms with Crippen molar-refractivity contribution in [1.29, 1.82) is 0 Å². The molecule has 0 bridgehead atoms. The van der Waals surface area contributed by atoms with E-state index in [0.29, 0.717) is 13.0 Å². The molecule has 35 heavy (non-hydrogen) atoms. The Morgan fingerprint density at radius 2 is 1.46 bits per heavy atom. The molecular weight excluding hydrogens is 444 g/mol. The molecule has 2 aromatic carbocycles. The fourth-order valence-electron chi connectivity index (χ4n) is 4.48. The topological polar surface area (TPSA) is 105 Å². The van der Waals surface area contributed by atoms with Gasteiger partial charge in [0.15, 0.2) is 0 Å². The summed E-state index contributed by atoms with van der Waals surface area (Å²) in [6, 6.07) is 16.0. The summed E-state index contributed by atoms with van der Waals surface area (Å²) in [5.74, 6) is -1.27. The summed E-state index contributed by atoms with van der Waals surface area (Å²) in [6.07, 6.45) is 4.01. The maximum Gasteiger partial charge on any atom is 0.407 e. The van der Waals surface area contributed by atoms with Crippen molar-refractivity contribution in [2.45, 2.75) is 64.3 Å². The Morgan fingerprint density at radius 3 is 2.09 bits per heavy atom. The largest absolute Gasteiger partial charge is 0.481 e. The molecule has 0 fully saturated rings. The van der Waals surface area contributed by atoms with Crippen molar-refractivity contribution in [3.63, 3.8) is 0 Å². The number of benzene rings is 2. The van der Waals surface area contributed by atoms with Gasteiger partial charge in [-0.25, -0.2) is 4.79 Å². The minimum atomic E-state index is -0.757. The molecule has 0 heterocycles. The molecule has 3 N–H and O–H groups in total. The Labute approximate surface area is 207 Å². The number of aliphatic carboxylic acids is 1. The van der Waals surface area contributed by atoms with Crippen molar-refractivity contribution in [2.75, 3.05) is 13.2 Å². The van der Waals surface area contributed by atoms with Crippen LogP contribution in [0.1, 0.15) is 69.4 Å². The molecule has 188 valence electrons. The molecule has 2 amide bonds. The van der Waals surface area contributed by atoms with Crippen LogP contribution in [0.5, 0.6) is 0 Å². The number of carbonyl (C=O) groups is 3. The standard InChI is InChI=1S/C28H36N2O5/c1-19(27(33)29-17-11-5-3-4-6-16-26(31)32)20(2)30-28(34)35-18-25-23-14-9-7-12-21(23)22-13-8-10-15-24(22)25/h7-10,12-15,19-20,25H,3-6,11,16-18H2,1-2H3,(H,29,33)(H,30,34)(H,31,32). The van der Waals surface area contributed by atoms with Gasteiger partial charge in [0.1, 0.15) is 6.61 Å². The second kappa shape index (κ2) is 12.9. The number of amides is 2. The number of unbranched alkanes of at least 4 members (excludes halogenated alkanes) is 4. The van der Waals surface area contributed by atoms with Crippen molar-refractivity contribution >= 4 is 18.0 Å². The summed E-state index contributed by atoms with van der Waals surface area (Å²) in [5.41, 5.74) is 4.67. The van der Waals surface area contributed by atoms with Crippen LogP contribution in [-0.2, 0) is 14.3 Å². The number of carbonyl (C=O) groups excluding carboxylic acids is 2. The van der Waals surface area contributed by atoms with E-state index in [4.69, 9.17) is 9.84 Å².